The summed E-state index contributed by atoms with van der Waals surface area (Å²) in [6.45, 7) is 2.18. The molecule has 1 heterocycles. The molecule has 0 spiro atoms. The molecule has 2 rings (SSSR count). The minimum absolute atomic E-state index is 0.646. The quantitative estimate of drug-likeness (QED) is 0.795. The van der Waals surface area contributed by atoms with Gasteiger partial charge in [0.25, 0.3) is 0 Å². The standard InChI is InChI=1S/C15H16Br2N2O/c1-20-10-12-4-2-3-11(5-12)7-18-9-15-14(17)6-13(16)8-19-15/h2-6,8,18H,7,9-10H2,1H3. The number of methoxy groups -OCH3 is 1. The first-order valence-electron chi connectivity index (χ1n) is 6.26. The summed E-state index contributed by atoms with van der Waals surface area (Å²) in [5.74, 6) is 0. The number of hydrogen-bond acceptors (Lipinski definition) is 3. The molecule has 1 N–H and O–H groups in total. The summed E-state index contributed by atoms with van der Waals surface area (Å²) >= 11 is 6.92. The van der Waals surface area contributed by atoms with Gasteiger partial charge in [0.05, 0.1) is 12.3 Å². The van der Waals surface area contributed by atoms with Crippen LogP contribution in [-0.2, 0) is 24.4 Å². The number of rotatable bonds is 6. The van der Waals surface area contributed by atoms with Crippen LogP contribution in [-0.4, -0.2) is 12.1 Å². The van der Waals surface area contributed by atoms with Gasteiger partial charge in [-0.25, -0.2) is 0 Å². The third-order valence-electron chi connectivity index (χ3n) is 2.81. The number of pyridine rings is 1. The monoisotopic (exact) mass is 398 g/mol. The zero-order valence-corrected chi connectivity index (χ0v) is 14.4. The molecule has 1 aromatic carbocycles. The van der Waals surface area contributed by atoms with E-state index in [1.807, 2.05) is 6.07 Å². The largest absolute Gasteiger partial charge is 0.380 e. The summed E-state index contributed by atoms with van der Waals surface area (Å²) in [5, 5.41) is 3.40. The molecule has 0 fully saturated rings. The van der Waals surface area contributed by atoms with Crippen molar-refractivity contribution in [2.45, 2.75) is 19.7 Å². The number of halogens is 2. The first-order valence-corrected chi connectivity index (χ1v) is 7.85. The van der Waals surface area contributed by atoms with Gasteiger partial charge >= 0.3 is 0 Å². The second-order valence-electron chi connectivity index (χ2n) is 4.44. The first kappa shape index (κ1) is 15.6. The van der Waals surface area contributed by atoms with Gasteiger partial charge in [-0.1, -0.05) is 24.3 Å². The molecule has 0 bridgehead atoms. The van der Waals surface area contributed by atoms with E-state index in [9.17, 15) is 0 Å². The molecule has 5 heteroatoms. The van der Waals surface area contributed by atoms with E-state index in [0.29, 0.717) is 6.61 Å². The zero-order valence-electron chi connectivity index (χ0n) is 11.2. The molecule has 20 heavy (non-hydrogen) atoms. The Morgan fingerprint density at radius 3 is 2.70 bits per heavy atom. The van der Waals surface area contributed by atoms with Gasteiger partial charge in [0.2, 0.25) is 0 Å². The van der Waals surface area contributed by atoms with Crippen molar-refractivity contribution in [3.63, 3.8) is 0 Å². The van der Waals surface area contributed by atoms with Gasteiger partial charge in [-0.2, -0.15) is 0 Å². The van der Waals surface area contributed by atoms with Crippen LogP contribution in [0.1, 0.15) is 16.8 Å². The molecule has 3 nitrogen and oxygen atoms in total. The predicted molar refractivity (Wildman–Crippen MR) is 87.3 cm³/mol. The Kier molecular flexibility index (Phi) is 6.16. The smallest absolute Gasteiger partial charge is 0.0713 e. The molecule has 0 saturated carbocycles. The molecule has 0 amide bonds. The summed E-state index contributed by atoms with van der Waals surface area (Å²) in [6, 6.07) is 10.4. The Hall–Kier alpha value is -0.750. The van der Waals surface area contributed by atoms with Crippen molar-refractivity contribution < 1.29 is 4.74 Å². The third-order valence-corrected chi connectivity index (χ3v) is 3.93. The lowest BCUT2D eigenvalue weighted by atomic mass is 10.1. The van der Waals surface area contributed by atoms with Crippen LogP contribution in [0.4, 0.5) is 0 Å². The average molecular weight is 400 g/mol. The van der Waals surface area contributed by atoms with Crippen LogP contribution < -0.4 is 5.32 Å². The molecular weight excluding hydrogens is 384 g/mol. The van der Waals surface area contributed by atoms with Crippen LogP contribution in [0.3, 0.4) is 0 Å². The summed E-state index contributed by atoms with van der Waals surface area (Å²) in [4.78, 5) is 4.38. The topological polar surface area (TPSA) is 34.1 Å². The highest BCUT2D eigenvalue weighted by atomic mass is 79.9. The second kappa shape index (κ2) is 7.88. The van der Waals surface area contributed by atoms with E-state index in [4.69, 9.17) is 4.74 Å². The molecule has 106 valence electrons. The Labute approximate surface area is 136 Å². The molecule has 0 aliphatic heterocycles. The Bertz CT molecular complexity index is 576. The van der Waals surface area contributed by atoms with Crippen molar-refractivity contribution in [3.05, 3.63) is 62.3 Å². The van der Waals surface area contributed by atoms with Crippen LogP contribution in [0.2, 0.25) is 0 Å². The molecule has 0 unspecified atom stereocenters. The first-order chi connectivity index (χ1) is 9.69. The van der Waals surface area contributed by atoms with E-state index in [1.54, 1.807) is 13.3 Å². The summed E-state index contributed by atoms with van der Waals surface area (Å²) < 4.78 is 7.12. The maximum absolute atomic E-state index is 5.14. The molecule has 0 aliphatic rings. The van der Waals surface area contributed by atoms with Crippen molar-refractivity contribution in [1.82, 2.24) is 10.3 Å². The average Bonchev–Trinajstić information content (AvgIpc) is 2.42. The lowest BCUT2D eigenvalue weighted by molar-refractivity contribution is 0.185. The van der Waals surface area contributed by atoms with E-state index in [-0.39, 0.29) is 0 Å². The molecule has 0 saturated heterocycles. The van der Waals surface area contributed by atoms with Gasteiger partial charge in [-0.15, -0.1) is 0 Å². The molecule has 0 atom stereocenters. The number of benzene rings is 1. The molecule has 0 aliphatic carbocycles. The van der Waals surface area contributed by atoms with E-state index in [1.165, 1.54) is 11.1 Å². The maximum atomic E-state index is 5.14. The number of nitrogens with zero attached hydrogens (tertiary/aromatic N) is 1. The lowest BCUT2D eigenvalue weighted by Gasteiger charge is -2.08. The normalized spacial score (nSPS) is 10.8. The Morgan fingerprint density at radius 1 is 1.15 bits per heavy atom. The zero-order chi connectivity index (χ0) is 14.4. The van der Waals surface area contributed by atoms with E-state index in [0.717, 1.165) is 27.7 Å². The van der Waals surface area contributed by atoms with Crippen molar-refractivity contribution in [3.8, 4) is 0 Å². The summed E-state index contributed by atoms with van der Waals surface area (Å²) in [5.41, 5.74) is 3.43. The van der Waals surface area contributed by atoms with Crippen molar-refractivity contribution >= 4 is 31.9 Å². The highest BCUT2D eigenvalue weighted by Crippen LogP contribution is 2.19. The van der Waals surface area contributed by atoms with Gasteiger partial charge in [-0.3, -0.25) is 4.98 Å². The number of nitrogens with one attached hydrogen (secondary N) is 1. The minimum Gasteiger partial charge on any atom is -0.380 e. The van der Waals surface area contributed by atoms with Crippen LogP contribution in [0.5, 0.6) is 0 Å². The highest BCUT2D eigenvalue weighted by molar-refractivity contribution is 9.11. The number of ether oxygens (including phenoxy) is 1. The lowest BCUT2D eigenvalue weighted by Crippen LogP contribution is -2.14. The van der Waals surface area contributed by atoms with Crippen molar-refractivity contribution in [2.75, 3.05) is 7.11 Å². The van der Waals surface area contributed by atoms with E-state index >= 15 is 0 Å². The van der Waals surface area contributed by atoms with Crippen LogP contribution in [0.25, 0.3) is 0 Å². The number of hydrogen-bond donors (Lipinski definition) is 1. The van der Waals surface area contributed by atoms with Crippen LogP contribution >= 0.6 is 31.9 Å². The van der Waals surface area contributed by atoms with Gasteiger partial charge in [0.1, 0.15) is 0 Å². The van der Waals surface area contributed by atoms with E-state index in [2.05, 4.69) is 66.4 Å². The van der Waals surface area contributed by atoms with Crippen molar-refractivity contribution in [2.24, 2.45) is 0 Å². The van der Waals surface area contributed by atoms with Gasteiger partial charge in [0, 0.05) is 35.3 Å². The third kappa shape index (κ3) is 4.66. The molecular formula is C15H16Br2N2O. The second-order valence-corrected chi connectivity index (χ2v) is 6.21. The Morgan fingerprint density at radius 2 is 1.95 bits per heavy atom. The van der Waals surface area contributed by atoms with Gasteiger partial charge < -0.3 is 10.1 Å². The SMILES string of the molecule is COCc1cccc(CNCc2ncc(Br)cc2Br)c1. The van der Waals surface area contributed by atoms with Crippen LogP contribution in [0.15, 0.2) is 45.5 Å². The maximum Gasteiger partial charge on any atom is 0.0713 e. The predicted octanol–water partition coefficient (Wildman–Crippen LogP) is 4.04. The molecule has 2 aromatic rings. The fourth-order valence-electron chi connectivity index (χ4n) is 1.89. The molecule has 1 aromatic heterocycles. The van der Waals surface area contributed by atoms with Gasteiger partial charge in [-0.05, 0) is 49.1 Å². The highest BCUT2D eigenvalue weighted by Gasteiger charge is 2.02. The van der Waals surface area contributed by atoms with Gasteiger partial charge in [0.15, 0.2) is 0 Å². The Balaban J connectivity index is 1.90. The summed E-state index contributed by atoms with van der Waals surface area (Å²) in [7, 11) is 1.71. The fourth-order valence-corrected chi connectivity index (χ4v) is 3.02. The number of aromatic nitrogens is 1. The summed E-state index contributed by atoms with van der Waals surface area (Å²) in [6.07, 6.45) is 1.81. The minimum atomic E-state index is 0.646. The van der Waals surface area contributed by atoms with Crippen molar-refractivity contribution in [1.29, 1.82) is 0 Å². The fraction of sp³-hybridized carbons (Fsp3) is 0.267. The van der Waals surface area contributed by atoms with Crippen LogP contribution in [0, 0.1) is 0 Å². The molecule has 0 radical (unpaired) electrons. The van der Waals surface area contributed by atoms with E-state index < -0.39 is 0 Å².